The smallest absolute Gasteiger partial charge is 0.309 e. The minimum atomic E-state index is -0.441. The van der Waals surface area contributed by atoms with Crippen molar-refractivity contribution in [2.75, 3.05) is 26.7 Å². The molecule has 2 aromatic rings. The Hall–Kier alpha value is -2.43. The van der Waals surface area contributed by atoms with Crippen LogP contribution in [0, 0.1) is 11.7 Å². The summed E-state index contributed by atoms with van der Waals surface area (Å²) in [5.74, 6) is 0.743. The minimum absolute atomic E-state index is 0. The summed E-state index contributed by atoms with van der Waals surface area (Å²) in [5, 5.41) is 3.26. The molecule has 0 unspecified atom stereocenters. The van der Waals surface area contributed by atoms with Crippen molar-refractivity contribution in [3.05, 3.63) is 54.1 Å². The summed E-state index contributed by atoms with van der Waals surface area (Å²) in [7, 11) is 1.71. The Balaban J connectivity index is 0.00000341. The Labute approximate surface area is 199 Å². The molecule has 0 bridgehead atoms. The maximum absolute atomic E-state index is 14.4. The van der Waals surface area contributed by atoms with Crippen LogP contribution in [-0.2, 0) is 16.1 Å². The summed E-state index contributed by atoms with van der Waals surface area (Å²) >= 11 is 0. The van der Waals surface area contributed by atoms with E-state index in [1.807, 2.05) is 13.0 Å². The normalized spacial score (nSPS) is 14.5. The topological polar surface area (TPSA) is 76.0 Å². The number of guanidine groups is 1. The van der Waals surface area contributed by atoms with E-state index in [1.54, 1.807) is 31.4 Å². The van der Waals surface area contributed by atoms with E-state index in [2.05, 4.69) is 20.2 Å². The Morgan fingerprint density at radius 2 is 2.10 bits per heavy atom. The number of pyridine rings is 1. The molecule has 0 saturated carbocycles. The quantitative estimate of drug-likeness (QED) is 0.258. The average molecular weight is 542 g/mol. The van der Waals surface area contributed by atoms with Crippen molar-refractivity contribution in [2.24, 2.45) is 10.9 Å². The van der Waals surface area contributed by atoms with Crippen LogP contribution in [0.2, 0.25) is 0 Å². The number of carbonyl (C=O) groups is 1. The average Bonchev–Trinajstić information content (AvgIpc) is 2.77. The zero-order valence-corrected chi connectivity index (χ0v) is 20.0. The molecule has 9 heteroatoms. The van der Waals surface area contributed by atoms with E-state index in [0.29, 0.717) is 18.9 Å². The van der Waals surface area contributed by atoms with Gasteiger partial charge in [0.1, 0.15) is 5.75 Å². The second kappa shape index (κ2) is 12.4. The lowest BCUT2D eigenvalue weighted by molar-refractivity contribution is -0.149. The third kappa shape index (κ3) is 7.05. The van der Waals surface area contributed by atoms with E-state index >= 15 is 0 Å². The van der Waals surface area contributed by atoms with Gasteiger partial charge in [0.2, 0.25) is 0 Å². The zero-order valence-electron chi connectivity index (χ0n) is 17.7. The third-order valence-corrected chi connectivity index (χ3v) is 4.94. The van der Waals surface area contributed by atoms with E-state index in [1.165, 1.54) is 12.3 Å². The first kappa shape index (κ1) is 24.8. The number of hydrogen-bond donors (Lipinski definition) is 1. The largest absolute Gasteiger partial charge is 0.466 e. The molecule has 2 heterocycles. The Kier molecular flexibility index (Phi) is 9.96. The van der Waals surface area contributed by atoms with Gasteiger partial charge in [0.05, 0.1) is 18.7 Å². The molecule has 1 aliphatic heterocycles. The number of nitrogens with one attached hydrogen (secondary N) is 1. The second-order valence-corrected chi connectivity index (χ2v) is 6.97. The van der Waals surface area contributed by atoms with Crippen molar-refractivity contribution in [3.8, 4) is 11.5 Å². The van der Waals surface area contributed by atoms with Crippen molar-refractivity contribution in [2.45, 2.75) is 26.3 Å². The first-order chi connectivity index (χ1) is 14.6. The lowest BCUT2D eigenvalue weighted by Gasteiger charge is -2.33. The van der Waals surface area contributed by atoms with Crippen LogP contribution in [0.1, 0.15) is 25.3 Å². The predicted molar refractivity (Wildman–Crippen MR) is 127 cm³/mol. The minimum Gasteiger partial charge on any atom is -0.466 e. The second-order valence-electron chi connectivity index (χ2n) is 6.97. The van der Waals surface area contributed by atoms with Crippen LogP contribution in [0.3, 0.4) is 0 Å². The molecule has 1 N–H and O–H groups in total. The number of hydrogen-bond acceptors (Lipinski definition) is 5. The van der Waals surface area contributed by atoms with Gasteiger partial charge in [0.15, 0.2) is 17.5 Å². The monoisotopic (exact) mass is 542 g/mol. The standard InChI is InChI=1S/C22H27FN4O3.HI/c1-3-29-21(28)17-8-11-27(12-9-17)22(24-2)26-14-16-6-7-20(19(23)13-16)30-18-5-4-10-25-15-18;/h4-7,10,13,15,17H,3,8-9,11-12,14H2,1-2H3,(H,24,26);1H. The summed E-state index contributed by atoms with van der Waals surface area (Å²) in [6, 6.07) is 8.30. The first-order valence-electron chi connectivity index (χ1n) is 10.1. The maximum atomic E-state index is 14.4. The fraction of sp³-hybridized carbons (Fsp3) is 0.409. The van der Waals surface area contributed by atoms with Crippen molar-refractivity contribution in [3.63, 3.8) is 0 Å². The molecule has 0 amide bonds. The highest BCUT2D eigenvalue weighted by atomic mass is 127. The molecule has 0 radical (unpaired) electrons. The first-order valence-corrected chi connectivity index (χ1v) is 10.1. The number of likely N-dealkylation sites (tertiary alicyclic amines) is 1. The number of aliphatic imine (C=N–C) groups is 1. The van der Waals surface area contributed by atoms with E-state index in [9.17, 15) is 9.18 Å². The molecule has 0 aliphatic carbocycles. The van der Waals surface area contributed by atoms with Gasteiger partial charge in [-0.3, -0.25) is 14.8 Å². The molecule has 1 aromatic carbocycles. The van der Waals surface area contributed by atoms with Crippen molar-refractivity contribution in [1.82, 2.24) is 15.2 Å². The van der Waals surface area contributed by atoms with Crippen molar-refractivity contribution in [1.29, 1.82) is 0 Å². The number of aromatic nitrogens is 1. The van der Waals surface area contributed by atoms with Gasteiger partial charge < -0.3 is 19.7 Å². The number of esters is 1. The summed E-state index contributed by atoms with van der Waals surface area (Å²) in [6.07, 6.45) is 4.62. The highest BCUT2D eigenvalue weighted by Gasteiger charge is 2.27. The van der Waals surface area contributed by atoms with Gasteiger partial charge in [-0.15, -0.1) is 24.0 Å². The Bertz CT molecular complexity index is 874. The molecule has 1 fully saturated rings. The lowest BCUT2D eigenvalue weighted by Crippen LogP contribution is -2.46. The fourth-order valence-electron chi connectivity index (χ4n) is 3.37. The van der Waals surface area contributed by atoms with Gasteiger partial charge >= 0.3 is 5.97 Å². The molecule has 168 valence electrons. The molecule has 31 heavy (non-hydrogen) atoms. The number of carbonyl (C=O) groups excluding carboxylic acids is 1. The summed E-state index contributed by atoms with van der Waals surface area (Å²) in [4.78, 5) is 22.3. The van der Waals surface area contributed by atoms with Crippen LogP contribution in [0.5, 0.6) is 11.5 Å². The van der Waals surface area contributed by atoms with Crippen LogP contribution in [-0.4, -0.2) is 48.6 Å². The summed E-state index contributed by atoms with van der Waals surface area (Å²) in [5.41, 5.74) is 0.772. The highest BCUT2D eigenvalue weighted by Crippen LogP contribution is 2.24. The SMILES string of the molecule is CCOC(=O)C1CCN(C(=NC)NCc2ccc(Oc3cccnc3)c(F)c2)CC1.I. The number of ether oxygens (including phenoxy) is 2. The molecule has 0 spiro atoms. The van der Waals surface area contributed by atoms with E-state index in [-0.39, 0.29) is 41.6 Å². The molecule has 0 atom stereocenters. The maximum Gasteiger partial charge on any atom is 0.309 e. The van der Waals surface area contributed by atoms with Crippen molar-refractivity contribution >= 4 is 35.9 Å². The predicted octanol–water partition coefficient (Wildman–Crippen LogP) is 3.98. The van der Waals surface area contributed by atoms with Crippen molar-refractivity contribution < 1.29 is 18.7 Å². The Morgan fingerprint density at radius 1 is 1.32 bits per heavy atom. The third-order valence-electron chi connectivity index (χ3n) is 4.94. The highest BCUT2D eigenvalue weighted by molar-refractivity contribution is 14.0. The van der Waals surface area contributed by atoms with Gasteiger partial charge in [0.25, 0.3) is 0 Å². The van der Waals surface area contributed by atoms with Gasteiger partial charge in [-0.1, -0.05) is 6.07 Å². The van der Waals surface area contributed by atoms with E-state index in [0.717, 1.165) is 37.5 Å². The lowest BCUT2D eigenvalue weighted by atomic mass is 9.97. The number of nitrogens with zero attached hydrogens (tertiary/aromatic N) is 3. The van der Waals surface area contributed by atoms with Crippen LogP contribution in [0.15, 0.2) is 47.7 Å². The summed E-state index contributed by atoms with van der Waals surface area (Å²) in [6.45, 7) is 4.09. The van der Waals surface area contributed by atoms with Crippen LogP contribution in [0.25, 0.3) is 0 Å². The number of piperidine rings is 1. The molecule has 1 saturated heterocycles. The number of rotatable bonds is 6. The molecule has 1 aliphatic rings. The molecular weight excluding hydrogens is 514 g/mol. The Morgan fingerprint density at radius 3 is 2.71 bits per heavy atom. The number of benzene rings is 1. The van der Waals surface area contributed by atoms with E-state index < -0.39 is 5.82 Å². The van der Waals surface area contributed by atoms with Crippen LogP contribution >= 0.6 is 24.0 Å². The molecule has 7 nitrogen and oxygen atoms in total. The van der Waals surface area contributed by atoms with E-state index in [4.69, 9.17) is 9.47 Å². The van der Waals surface area contributed by atoms with Crippen LogP contribution in [0.4, 0.5) is 4.39 Å². The van der Waals surface area contributed by atoms with Gasteiger partial charge in [-0.05, 0) is 49.6 Å². The summed E-state index contributed by atoms with van der Waals surface area (Å²) < 4.78 is 25.1. The van der Waals surface area contributed by atoms with Gasteiger partial charge in [-0.2, -0.15) is 0 Å². The molecule has 3 rings (SSSR count). The molecule has 1 aromatic heterocycles. The zero-order chi connectivity index (χ0) is 21.3. The van der Waals surface area contributed by atoms with Gasteiger partial charge in [0, 0.05) is 32.9 Å². The molecular formula is C22H28FIN4O3. The van der Waals surface area contributed by atoms with Gasteiger partial charge in [-0.25, -0.2) is 4.39 Å². The fourth-order valence-corrected chi connectivity index (χ4v) is 3.37. The number of halogens is 2. The van der Waals surface area contributed by atoms with Crippen LogP contribution < -0.4 is 10.1 Å².